The summed E-state index contributed by atoms with van der Waals surface area (Å²) < 4.78 is 0. The minimum atomic E-state index is -2.17. The van der Waals surface area contributed by atoms with E-state index in [2.05, 4.69) is 126 Å². The zero-order chi connectivity index (χ0) is 21.2. The Morgan fingerprint density at radius 3 is 1.36 bits per heavy atom. The lowest BCUT2D eigenvalue weighted by molar-refractivity contribution is 1.34. The summed E-state index contributed by atoms with van der Waals surface area (Å²) in [6.07, 6.45) is 0. The first-order valence-electron chi connectivity index (χ1n) is 10.4. The van der Waals surface area contributed by atoms with Crippen molar-refractivity contribution in [2.24, 2.45) is 0 Å². The zero-order valence-electron chi connectivity index (χ0n) is 19.1. The Labute approximate surface area is 176 Å². The smallest absolute Gasteiger partial charge is 0.0959 e. The van der Waals surface area contributed by atoms with Gasteiger partial charge in [0.2, 0.25) is 0 Å². The van der Waals surface area contributed by atoms with Gasteiger partial charge in [-0.2, -0.15) is 0 Å². The fourth-order valence-electron chi connectivity index (χ4n) is 5.31. The van der Waals surface area contributed by atoms with E-state index in [-0.39, 0.29) is 0 Å². The maximum Gasteiger partial charge on any atom is 0.139 e. The van der Waals surface area contributed by atoms with Crippen molar-refractivity contribution < 1.29 is 0 Å². The average molecular weight is 423 g/mol. The van der Waals surface area contributed by atoms with E-state index in [0.29, 0.717) is 0 Å². The van der Waals surface area contributed by atoms with Crippen LogP contribution in [0.5, 0.6) is 0 Å². The van der Waals surface area contributed by atoms with Gasteiger partial charge in [0.25, 0.3) is 0 Å². The van der Waals surface area contributed by atoms with Crippen LogP contribution in [0, 0.1) is 0 Å². The molecule has 0 spiro atoms. The largest absolute Gasteiger partial charge is 0.139 e. The molecule has 0 aliphatic carbocycles. The van der Waals surface area contributed by atoms with Crippen LogP contribution in [0.15, 0.2) is 84.1 Å². The molecule has 0 amide bonds. The van der Waals surface area contributed by atoms with Gasteiger partial charge in [0.05, 0.1) is 0 Å². The molecule has 0 saturated carbocycles. The molecular formula is C25H38Si3. The molecule has 150 valence electrons. The van der Waals surface area contributed by atoms with Crippen molar-refractivity contribution in [2.45, 2.75) is 57.9 Å². The maximum atomic E-state index is 4.29. The van der Waals surface area contributed by atoms with E-state index in [0.717, 1.165) is 4.79 Å². The fourth-order valence-corrected chi connectivity index (χ4v) is 33.0. The van der Waals surface area contributed by atoms with E-state index in [1.807, 2.05) is 0 Å². The van der Waals surface area contributed by atoms with Crippen molar-refractivity contribution in [3.63, 3.8) is 0 Å². The van der Waals surface area contributed by atoms with Crippen LogP contribution in [-0.4, -0.2) is 24.2 Å². The summed E-state index contributed by atoms with van der Waals surface area (Å²) >= 11 is 0. The van der Waals surface area contributed by atoms with Crippen LogP contribution in [0.1, 0.15) is 13.8 Å². The molecule has 3 heteroatoms. The molecule has 2 aromatic rings. The molecule has 0 nitrogen and oxygen atoms in total. The van der Waals surface area contributed by atoms with Crippen molar-refractivity contribution in [1.29, 1.82) is 0 Å². The maximum absolute atomic E-state index is 4.29. The minimum Gasteiger partial charge on any atom is -0.0959 e. The highest BCUT2D eigenvalue weighted by Crippen LogP contribution is 2.41. The number of hydrogen-bond donors (Lipinski definition) is 0. The van der Waals surface area contributed by atoms with Crippen LogP contribution in [0.3, 0.4) is 0 Å². The Morgan fingerprint density at radius 1 is 0.714 bits per heavy atom. The van der Waals surface area contributed by atoms with Gasteiger partial charge in [0.15, 0.2) is 0 Å². The Balaban J connectivity index is 3.05. The standard InChI is InChI=1S/C25H38Si3/c1-21(2)22(3)20-28(23-16-12-10-13-17-23,24-18-14-11-15-19-24)25(26(4,5)6)27(7,8)9/h10-20,25H,1H2,2-9H3. The van der Waals surface area contributed by atoms with E-state index in [4.69, 9.17) is 0 Å². The van der Waals surface area contributed by atoms with Gasteiger partial charge in [-0.1, -0.05) is 134 Å². The average Bonchev–Trinajstić information content (AvgIpc) is 2.60. The third-order valence-electron chi connectivity index (χ3n) is 5.81. The Kier molecular flexibility index (Phi) is 6.95. The first-order valence-corrected chi connectivity index (χ1v) is 19.7. The lowest BCUT2D eigenvalue weighted by atomic mass is 10.2. The van der Waals surface area contributed by atoms with Gasteiger partial charge in [0.1, 0.15) is 8.07 Å². The van der Waals surface area contributed by atoms with Gasteiger partial charge in [-0.05, 0) is 18.6 Å². The van der Waals surface area contributed by atoms with Crippen LogP contribution >= 0.6 is 0 Å². The monoisotopic (exact) mass is 422 g/mol. The van der Waals surface area contributed by atoms with Crippen LogP contribution in [0.4, 0.5) is 0 Å². The van der Waals surface area contributed by atoms with Gasteiger partial charge < -0.3 is 0 Å². The van der Waals surface area contributed by atoms with Crippen molar-refractivity contribution in [1.82, 2.24) is 0 Å². The molecule has 28 heavy (non-hydrogen) atoms. The molecule has 0 N–H and O–H groups in total. The number of hydrogen-bond acceptors (Lipinski definition) is 0. The summed E-state index contributed by atoms with van der Waals surface area (Å²) in [6.45, 7) is 24.2. The number of benzene rings is 2. The molecule has 0 saturated heterocycles. The molecule has 0 aliphatic heterocycles. The predicted octanol–water partition coefficient (Wildman–Crippen LogP) is 6.44. The molecule has 0 aromatic heterocycles. The molecule has 0 radical (unpaired) electrons. The highest BCUT2D eigenvalue weighted by Gasteiger charge is 2.54. The molecule has 2 rings (SSSR count). The second-order valence-electron chi connectivity index (χ2n) is 10.4. The topological polar surface area (TPSA) is 0 Å². The van der Waals surface area contributed by atoms with Crippen LogP contribution in [-0.2, 0) is 0 Å². The molecule has 2 aromatic carbocycles. The lowest BCUT2D eigenvalue weighted by Gasteiger charge is -2.50. The van der Waals surface area contributed by atoms with E-state index >= 15 is 0 Å². The van der Waals surface area contributed by atoms with Crippen molar-refractivity contribution in [2.75, 3.05) is 0 Å². The second-order valence-corrected chi connectivity index (χ2v) is 26.5. The normalized spacial score (nSPS) is 13.7. The molecule has 0 heterocycles. The summed E-state index contributed by atoms with van der Waals surface area (Å²) in [5.74, 6) is 0. The summed E-state index contributed by atoms with van der Waals surface area (Å²) in [6, 6.07) is 22.8. The fraction of sp³-hybridized carbons (Fsp3) is 0.360. The highest BCUT2D eigenvalue weighted by atomic mass is 28.5. The van der Waals surface area contributed by atoms with E-state index in [1.165, 1.54) is 11.1 Å². The molecule has 0 fully saturated rings. The summed E-state index contributed by atoms with van der Waals surface area (Å²) in [5.41, 5.74) is 5.25. The minimum absolute atomic E-state index is 0.784. The van der Waals surface area contributed by atoms with Crippen LogP contribution in [0.2, 0.25) is 44.1 Å². The molecular weight excluding hydrogens is 385 g/mol. The zero-order valence-corrected chi connectivity index (χ0v) is 22.1. The van der Waals surface area contributed by atoms with Crippen LogP contribution < -0.4 is 10.4 Å². The Morgan fingerprint density at radius 2 is 1.07 bits per heavy atom. The van der Waals surface area contributed by atoms with Crippen molar-refractivity contribution in [3.05, 3.63) is 84.1 Å². The molecule has 0 atom stereocenters. The Bertz CT molecular complexity index is 768. The first-order chi connectivity index (χ1) is 12.9. The lowest BCUT2D eigenvalue weighted by Crippen LogP contribution is -2.70. The van der Waals surface area contributed by atoms with E-state index in [9.17, 15) is 0 Å². The van der Waals surface area contributed by atoms with Gasteiger partial charge in [-0.15, -0.1) is 0 Å². The van der Waals surface area contributed by atoms with Crippen LogP contribution in [0.25, 0.3) is 0 Å². The second kappa shape index (κ2) is 8.52. The molecule has 0 unspecified atom stereocenters. The van der Waals surface area contributed by atoms with Gasteiger partial charge in [-0.3, -0.25) is 0 Å². The third-order valence-corrected chi connectivity index (χ3v) is 26.8. The quantitative estimate of drug-likeness (QED) is 0.356. The Hall–Kier alpha value is -1.43. The highest BCUT2D eigenvalue weighted by molar-refractivity contribution is 7.23. The molecule has 0 bridgehead atoms. The summed E-state index contributed by atoms with van der Waals surface area (Å²) in [7, 11) is -5.12. The van der Waals surface area contributed by atoms with Gasteiger partial charge in [0, 0.05) is 16.1 Å². The van der Waals surface area contributed by atoms with Gasteiger partial charge >= 0.3 is 0 Å². The third kappa shape index (κ3) is 4.76. The van der Waals surface area contributed by atoms with Crippen molar-refractivity contribution >= 4 is 34.6 Å². The van der Waals surface area contributed by atoms with Crippen molar-refractivity contribution in [3.8, 4) is 0 Å². The molecule has 0 aliphatic rings. The number of rotatable bonds is 7. The predicted molar refractivity (Wildman–Crippen MR) is 137 cm³/mol. The van der Waals surface area contributed by atoms with Gasteiger partial charge in [-0.25, -0.2) is 0 Å². The SMILES string of the molecule is C=C(C)C(C)=C[Si](c1ccccc1)(c1ccccc1)C([Si](C)(C)C)[Si](C)(C)C. The summed E-state index contributed by atoms with van der Waals surface area (Å²) in [5, 5.41) is 3.10. The number of allylic oxidation sites excluding steroid dienone is 2. The van der Waals surface area contributed by atoms with E-state index in [1.54, 1.807) is 10.4 Å². The first kappa shape index (κ1) is 22.9. The summed E-state index contributed by atoms with van der Waals surface area (Å²) in [4.78, 5) is 0.784. The van der Waals surface area contributed by atoms with E-state index < -0.39 is 24.2 Å².